The third-order valence-electron chi connectivity index (χ3n) is 1.84. The number of halogens is 2. The summed E-state index contributed by atoms with van der Waals surface area (Å²) in [5, 5.41) is 0. The summed E-state index contributed by atoms with van der Waals surface area (Å²) in [5.41, 5.74) is 0.899. The smallest absolute Gasteiger partial charge is 0.342 e. The van der Waals surface area contributed by atoms with Crippen molar-refractivity contribution in [1.82, 2.24) is 0 Å². The van der Waals surface area contributed by atoms with E-state index in [1.165, 1.54) is 0 Å². The molecule has 0 bridgehead atoms. The van der Waals surface area contributed by atoms with Gasteiger partial charge in [0.15, 0.2) is 0 Å². The van der Waals surface area contributed by atoms with E-state index in [4.69, 9.17) is 27.9 Å². The number of carbonyl (C=O) groups is 1. The van der Waals surface area contributed by atoms with Gasteiger partial charge in [0.1, 0.15) is 0 Å². The number of benzene rings is 1. The number of hydrogen-bond donors (Lipinski definition) is 0. The molecule has 0 heterocycles. The summed E-state index contributed by atoms with van der Waals surface area (Å²) in [7, 11) is 0. The van der Waals surface area contributed by atoms with E-state index < -0.39 is 10.3 Å². The first kappa shape index (κ1) is 12.3. The van der Waals surface area contributed by atoms with E-state index in [2.05, 4.69) is 0 Å². The van der Waals surface area contributed by atoms with E-state index in [9.17, 15) is 4.79 Å². The Hall–Kier alpha value is -0.730. The fraction of sp³-hybridized carbons (Fsp3) is 0.364. The van der Waals surface area contributed by atoms with Crippen molar-refractivity contribution in [3.63, 3.8) is 0 Å². The van der Waals surface area contributed by atoms with Gasteiger partial charge in [-0.15, -0.1) is 0 Å². The maximum absolute atomic E-state index is 11.4. The number of esters is 1. The number of rotatable bonds is 4. The third kappa shape index (κ3) is 3.73. The second kappa shape index (κ2) is 5.38. The zero-order chi connectivity index (χ0) is 11.3. The van der Waals surface area contributed by atoms with Crippen LogP contribution in [-0.4, -0.2) is 16.9 Å². The average Bonchev–Trinajstić information content (AvgIpc) is 2.19. The predicted octanol–water partition coefficient (Wildman–Crippen LogP) is 2.97. The van der Waals surface area contributed by atoms with Gasteiger partial charge in [0.25, 0.3) is 0 Å². The van der Waals surface area contributed by atoms with Crippen molar-refractivity contribution in [1.29, 1.82) is 0 Å². The lowest BCUT2D eigenvalue weighted by molar-refractivity contribution is -0.143. The molecule has 0 saturated heterocycles. The van der Waals surface area contributed by atoms with Crippen molar-refractivity contribution in [2.24, 2.45) is 0 Å². The summed E-state index contributed by atoms with van der Waals surface area (Å²) >= 11 is 11.8. The Kier molecular flexibility index (Phi) is 4.43. The van der Waals surface area contributed by atoms with Gasteiger partial charge in [-0.05, 0) is 12.5 Å². The predicted molar refractivity (Wildman–Crippen MR) is 61.2 cm³/mol. The van der Waals surface area contributed by atoms with E-state index in [0.29, 0.717) is 0 Å². The molecule has 1 aromatic rings. The minimum Gasteiger partial charge on any atom is -0.464 e. The van der Waals surface area contributed by atoms with Crippen LogP contribution in [0, 0.1) is 0 Å². The van der Waals surface area contributed by atoms with Crippen molar-refractivity contribution < 1.29 is 9.53 Å². The van der Waals surface area contributed by atoms with Crippen LogP contribution in [0.5, 0.6) is 0 Å². The van der Waals surface area contributed by atoms with Crippen LogP contribution in [0.3, 0.4) is 0 Å². The highest BCUT2D eigenvalue weighted by atomic mass is 35.5. The van der Waals surface area contributed by atoms with E-state index in [0.717, 1.165) is 5.56 Å². The van der Waals surface area contributed by atoms with E-state index >= 15 is 0 Å². The molecule has 0 amide bonds. The first-order valence-corrected chi connectivity index (χ1v) is 5.41. The fourth-order valence-electron chi connectivity index (χ4n) is 1.16. The van der Waals surface area contributed by atoms with Crippen LogP contribution in [-0.2, 0) is 16.0 Å². The van der Waals surface area contributed by atoms with Gasteiger partial charge in [0.2, 0.25) is 4.33 Å². The lowest BCUT2D eigenvalue weighted by atomic mass is 10.1. The van der Waals surface area contributed by atoms with Crippen LogP contribution < -0.4 is 0 Å². The van der Waals surface area contributed by atoms with Crippen LogP contribution in [0.1, 0.15) is 12.5 Å². The molecule has 0 N–H and O–H groups in total. The normalized spacial score (nSPS) is 11.1. The molecule has 0 radical (unpaired) electrons. The minimum absolute atomic E-state index is 0.246. The minimum atomic E-state index is -1.50. The quantitative estimate of drug-likeness (QED) is 0.604. The molecule has 0 saturated carbocycles. The van der Waals surface area contributed by atoms with Crippen LogP contribution in [0.2, 0.25) is 0 Å². The lowest BCUT2D eigenvalue weighted by Gasteiger charge is -2.17. The molecule has 2 nitrogen and oxygen atoms in total. The van der Waals surface area contributed by atoms with Gasteiger partial charge < -0.3 is 4.74 Å². The first-order valence-electron chi connectivity index (χ1n) is 4.65. The fourth-order valence-corrected chi connectivity index (χ4v) is 1.58. The molecule has 1 rings (SSSR count). The van der Waals surface area contributed by atoms with Crippen LogP contribution >= 0.6 is 23.2 Å². The Labute approximate surface area is 99.1 Å². The SMILES string of the molecule is CCOC(=O)C(Cl)(Cl)Cc1ccccc1. The molecule has 0 aromatic heterocycles. The second-order valence-electron chi connectivity index (χ2n) is 3.09. The Balaban J connectivity index is 2.68. The van der Waals surface area contributed by atoms with Gasteiger partial charge >= 0.3 is 5.97 Å². The molecule has 0 aliphatic heterocycles. The Bertz CT molecular complexity index is 323. The number of ether oxygens (including phenoxy) is 1. The molecular formula is C11H12Cl2O2. The summed E-state index contributed by atoms with van der Waals surface area (Å²) < 4.78 is 3.27. The highest BCUT2D eigenvalue weighted by molar-refractivity contribution is 6.57. The monoisotopic (exact) mass is 246 g/mol. The Morgan fingerprint density at radius 2 is 1.93 bits per heavy atom. The third-order valence-corrected chi connectivity index (χ3v) is 2.42. The molecule has 0 aliphatic carbocycles. The van der Waals surface area contributed by atoms with Crippen molar-refractivity contribution in [3.05, 3.63) is 35.9 Å². The van der Waals surface area contributed by atoms with Gasteiger partial charge in [-0.25, -0.2) is 4.79 Å². The van der Waals surface area contributed by atoms with Gasteiger partial charge in [0.05, 0.1) is 6.61 Å². The maximum Gasteiger partial charge on any atom is 0.342 e. The molecule has 0 fully saturated rings. The van der Waals surface area contributed by atoms with E-state index in [1.54, 1.807) is 6.92 Å². The Morgan fingerprint density at radius 3 is 2.47 bits per heavy atom. The van der Waals surface area contributed by atoms with Crippen LogP contribution in [0.15, 0.2) is 30.3 Å². The number of hydrogen-bond acceptors (Lipinski definition) is 2. The summed E-state index contributed by atoms with van der Waals surface area (Å²) in [6.07, 6.45) is 0.246. The highest BCUT2D eigenvalue weighted by Gasteiger charge is 2.35. The van der Waals surface area contributed by atoms with Gasteiger partial charge in [0, 0.05) is 6.42 Å². The molecule has 0 spiro atoms. The second-order valence-corrected chi connectivity index (χ2v) is 4.57. The molecule has 0 aliphatic rings. The molecule has 0 atom stereocenters. The molecule has 15 heavy (non-hydrogen) atoms. The molecule has 0 unspecified atom stereocenters. The van der Waals surface area contributed by atoms with Crippen LogP contribution in [0.25, 0.3) is 0 Å². The van der Waals surface area contributed by atoms with E-state index in [-0.39, 0.29) is 13.0 Å². The highest BCUT2D eigenvalue weighted by Crippen LogP contribution is 2.27. The zero-order valence-corrected chi connectivity index (χ0v) is 9.89. The largest absolute Gasteiger partial charge is 0.464 e. The summed E-state index contributed by atoms with van der Waals surface area (Å²) in [4.78, 5) is 11.4. The lowest BCUT2D eigenvalue weighted by Crippen LogP contribution is -2.30. The zero-order valence-electron chi connectivity index (χ0n) is 8.37. The Morgan fingerprint density at radius 1 is 1.33 bits per heavy atom. The standard InChI is InChI=1S/C11H12Cl2O2/c1-2-15-10(14)11(12,13)8-9-6-4-3-5-7-9/h3-7H,2,8H2,1H3. The maximum atomic E-state index is 11.4. The summed E-state index contributed by atoms with van der Waals surface area (Å²) in [6, 6.07) is 9.34. The van der Waals surface area contributed by atoms with Crippen molar-refractivity contribution in [2.45, 2.75) is 17.7 Å². The average molecular weight is 247 g/mol. The molecular weight excluding hydrogens is 235 g/mol. The summed E-state index contributed by atoms with van der Waals surface area (Å²) in [5.74, 6) is -0.600. The first-order chi connectivity index (χ1) is 7.06. The molecule has 1 aromatic carbocycles. The van der Waals surface area contributed by atoms with Crippen molar-refractivity contribution in [3.8, 4) is 0 Å². The van der Waals surface area contributed by atoms with Crippen molar-refractivity contribution >= 4 is 29.2 Å². The number of alkyl halides is 2. The molecule has 4 heteroatoms. The van der Waals surface area contributed by atoms with Gasteiger partial charge in [-0.2, -0.15) is 0 Å². The van der Waals surface area contributed by atoms with Gasteiger partial charge in [-0.1, -0.05) is 53.5 Å². The summed E-state index contributed by atoms with van der Waals surface area (Å²) in [6.45, 7) is 1.99. The van der Waals surface area contributed by atoms with Crippen LogP contribution in [0.4, 0.5) is 0 Å². The topological polar surface area (TPSA) is 26.3 Å². The van der Waals surface area contributed by atoms with E-state index in [1.807, 2.05) is 30.3 Å². The van der Waals surface area contributed by atoms with Gasteiger partial charge in [-0.3, -0.25) is 0 Å². The number of carbonyl (C=O) groups excluding carboxylic acids is 1. The molecule has 82 valence electrons. The van der Waals surface area contributed by atoms with Crippen molar-refractivity contribution in [2.75, 3.05) is 6.61 Å².